The van der Waals surface area contributed by atoms with Gasteiger partial charge in [-0.25, -0.2) is 9.37 Å². The molecule has 5 heterocycles. The molecule has 13 heteroatoms. The van der Waals surface area contributed by atoms with Crippen molar-refractivity contribution in [1.82, 2.24) is 19.4 Å². The number of amidine groups is 1. The Morgan fingerprint density at radius 3 is 2.64 bits per heavy atom. The van der Waals surface area contributed by atoms with Gasteiger partial charge in [-0.2, -0.15) is 0 Å². The SMILES string of the molecule is CC1(c2ccc(C(N)=O)cc2F)Oc2cccc(C3CCN(Cc4nc5cc(C(N)=NO)ncc5n4CC4CCO4)CC3)c2O1. The average Bonchev–Trinajstić information content (AvgIpc) is 3.54. The van der Waals surface area contributed by atoms with Crippen LogP contribution in [0.15, 0.2) is 53.8 Å². The van der Waals surface area contributed by atoms with E-state index in [1.54, 1.807) is 19.2 Å². The molecule has 5 N–H and O–H groups in total. The summed E-state index contributed by atoms with van der Waals surface area (Å²) in [5, 5.41) is 12.2. The number of likely N-dealkylation sites (tertiary alicyclic amines) is 1. The Balaban J connectivity index is 1.07. The summed E-state index contributed by atoms with van der Waals surface area (Å²) >= 11 is 0. The molecule has 0 bridgehead atoms. The molecule has 45 heavy (non-hydrogen) atoms. The number of rotatable bonds is 8. The lowest BCUT2D eigenvalue weighted by Gasteiger charge is -2.33. The molecule has 2 atom stereocenters. The number of imidazole rings is 1. The second-order valence-corrected chi connectivity index (χ2v) is 11.9. The number of hydrogen-bond acceptors (Lipinski definition) is 9. The van der Waals surface area contributed by atoms with Crippen LogP contribution in [-0.2, 0) is 23.6 Å². The number of carbonyl (C=O) groups excluding carboxylic acids is 1. The van der Waals surface area contributed by atoms with Gasteiger partial charge in [-0.05, 0) is 68.6 Å². The summed E-state index contributed by atoms with van der Waals surface area (Å²) in [6.45, 7) is 5.45. The van der Waals surface area contributed by atoms with E-state index in [-0.39, 0.29) is 29.0 Å². The van der Waals surface area contributed by atoms with Gasteiger partial charge >= 0.3 is 0 Å². The van der Waals surface area contributed by atoms with Crippen LogP contribution in [0, 0.1) is 5.82 Å². The lowest BCUT2D eigenvalue weighted by Crippen LogP contribution is -2.35. The Morgan fingerprint density at radius 1 is 1.16 bits per heavy atom. The van der Waals surface area contributed by atoms with E-state index in [1.807, 2.05) is 18.2 Å². The van der Waals surface area contributed by atoms with Crippen molar-refractivity contribution in [1.29, 1.82) is 0 Å². The molecular weight excluding hydrogens is 581 g/mol. The predicted octanol–water partition coefficient (Wildman–Crippen LogP) is 3.58. The van der Waals surface area contributed by atoms with Crippen molar-refractivity contribution in [3.63, 3.8) is 0 Å². The first-order valence-electron chi connectivity index (χ1n) is 15.0. The zero-order valence-corrected chi connectivity index (χ0v) is 24.8. The fourth-order valence-electron chi connectivity index (χ4n) is 6.44. The van der Waals surface area contributed by atoms with E-state index >= 15 is 4.39 Å². The number of oxime groups is 1. The number of nitrogens with two attached hydrogens (primary N) is 2. The van der Waals surface area contributed by atoms with Gasteiger partial charge in [0.05, 0.1) is 42.0 Å². The third kappa shape index (κ3) is 5.31. The zero-order chi connectivity index (χ0) is 31.3. The van der Waals surface area contributed by atoms with Crippen LogP contribution in [0.4, 0.5) is 4.39 Å². The highest BCUT2D eigenvalue weighted by molar-refractivity contribution is 5.97. The lowest BCUT2D eigenvalue weighted by atomic mass is 9.88. The van der Waals surface area contributed by atoms with E-state index < -0.39 is 17.5 Å². The molecule has 2 aromatic carbocycles. The number of hydrogen-bond donors (Lipinski definition) is 3. The van der Waals surface area contributed by atoms with Crippen molar-refractivity contribution in [2.45, 2.75) is 57.1 Å². The molecule has 1 amide bonds. The van der Waals surface area contributed by atoms with Gasteiger partial charge in [0.1, 0.15) is 17.3 Å². The number of piperidine rings is 1. The van der Waals surface area contributed by atoms with E-state index in [2.05, 4.69) is 19.6 Å². The number of primary amides is 1. The summed E-state index contributed by atoms with van der Waals surface area (Å²) in [5.74, 6) is -0.464. The van der Waals surface area contributed by atoms with Gasteiger partial charge in [0.25, 0.3) is 5.79 Å². The van der Waals surface area contributed by atoms with Crippen LogP contribution in [0.1, 0.15) is 65.1 Å². The molecule has 2 fully saturated rings. The van der Waals surface area contributed by atoms with Crippen molar-refractivity contribution in [2.75, 3.05) is 19.7 Å². The number of carbonyl (C=O) groups is 1. The minimum Gasteiger partial charge on any atom is -0.444 e. The van der Waals surface area contributed by atoms with E-state index in [1.165, 1.54) is 12.1 Å². The van der Waals surface area contributed by atoms with Crippen LogP contribution in [-0.4, -0.2) is 62.2 Å². The smallest absolute Gasteiger partial charge is 0.278 e. The van der Waals surface area contributed by atoms with Crippen LogP contribution in [0.2, 0.25) is 0 Å². The Kier molecular flexibility index (Phi) is 7.29. The number of pyridine rings is 1. The van der Waals surface area contributed by atoms with Gasteiger partial charge in [-0.3, -0.25) is 14.7 Å². The Hall–Kier alpha value is -4.75. The summed E-state index contributed by atoms with van der Waals surface area (Å²) in [6.07, 6.45) is 4.63. The molecule has 0 saturated carbocycles. The standard InChI is InChI=1S/C32H34FN7O5/c1-32(22-6-5-19(31(35)41)13-23(22)33)44-27-4-2-3-21(29(27)45-32)18-7-10-39(11-8-18)17-28-37-24-14-25(30(34)38-42)36-15-26(24)40(28)16-20-9-12-43-20/h2-6,13-15,18,20,42H,7-12,16-17H2,1H3,(H2,34,38)(H2,35,41). The van der Waals surface area contributed by atoms with Crippen molar-refractivity contribution in [3.8, 4) is 11.5 Å². The first-order valence-corrected chi connectivity index (χ1v) is 15.0. The largest absolute Gasteiger partial charge is 0.444 e. The van der Waals surface area contributed by atoms with Crippen LogP contribution < -0.4 is 20.9 Å². The molecule has 3 aliphatic heterocycles. The first kappa shape index (κ1) is 29.0. The van der Waals surface area contributed by atoms with Crippen molar-refractivity contribution < 1.29 is 28.6 Å². The third-order valence-corrected chi connectivity index (χ3v) is 9.01. The topological polar surface area (TPSA) is 163 Å². The summed E-state index contributed by atoms with van der Waals surface area (Å²) in [7, 11) is 0. The van der Waals surface area contributed by atoms with Crippen molar-refractivity contribution in [3.05, 3.63) is 82.7 Å². The van der Waals surface area contributed by atoms with Crippen molar-refractivity contribution in [2.24, 2.45) is 16.6 Å². The third-order valence-electron chi connectivity index (χ3n) is 9.01. The molecule has 3 aliphatic rings. The number of aromatic nitrogens is 3. The second kappa shape index (κ2) is 11.3. The number of benzene rings is 2. The van der Waals surface area contributed by atoms with Crippen LogP contribution in [0.25, 0.3) is 11.0 Å². The first-order chi connectivity index (χ1) is 21.7. The van der Waals surface area contributed by atoms with Gasteiger partial charge in [-0.1, -0.05) is 17.3 Å². The predicted molar refractivity (Wildman–Crippen MR) is 162 cm³/mol. The van der Waals surface area contributed by atoms with Gasteiger partial charge in [0, 0.05) is 24.7 Å². The maximum atomic E-state index is 15.1. The maximum absolute atomic E-state index is 15.1. The fraction of sp³-hybridized carbons (Fsp3) is 0.375. The molecule has 0 radical (unpaired) electrons. The number of para-hydroxylation sites is 1. The average molecular weight is 616 g/mol. The Morgan fingerprint density at radius 2 is 1.96 bits per heavy atom. The van der Waals surface area contributed by atoms with Crippen LogP contribution in [0.5, 0.6) is 11.5 Å². The summed E-state index contributed by atoms with van der Waals surface area (Å²) < 4.78 is 35.5. The monoisotopic (exact) mass is 615 g/mol. The lowest BCUT2D eigenvalue weighted by molar-refractivity contribution is -0.0712. The van der Waals surface area contributed by atoms with Crippen LogP contribution in [0.3, 0.4) is 0 Å². The van der Waals surface area contributed by atoms with Crippen LogP contribution >= 0.6 is 0 Å². The number of nitrogens with zero attached hydrogens (tertiary/aromatic N) is 5. The summed E-state index contributed by atoms with van der Waals surface area (Å²) in [4.78, 5) is 23.2. The molecule has 2 aromatic heterocycles. The minimum absolute atomic E-state index is 0.0642. The number of amides is 1. The Bertz CT molecular complexity index is 1820. The number of ether oxygens (including phenoxy) is 3. The Labute approximate surface area is 258 Å². The molecule has 7 rings (SSSR count). The van der Waals surface area contributed by atoms with E-state index in [4.69, 9.17) is 35.9 Å². The zero-order valence-electron chi connectivity index (χ0n) is 24.8. The maximum Gasteiger partial charge on any atom is 0.278 e. The van der Waals surface area contributed by atoms with E-state index in [0.29, 0.717) is 30.3 Å². The van der Waals surface area contributed by atoms with E-state index in [0.717, 1.165) is 67.4 Å². The molecule has 2 unspecified atom stereocenters. The normalized spacial score (nSPS) is 22.1. The highest BCUT2D eigenvalue weighted by Crippen LogP contribution is 2.49. The number of fused-ring (bicyclic) bond motifs is 2. The molecule has 0 spiro atoms. The molecule has 4 aromatic rings. The quantitative estimate of drug-likeness (QED) is 0.116. The number of halogens is 1. The molecular formula is C32H34FN7O5. The molecule has 12 nitrogen and oxygen atoms in total. The van der Waals surface area contributed by atoms with Gasteiger partial charge in [0.15, 0.2) is 17.3 Å². The van der Waals surface area contributed by atoms with Gasteiger partial charge < -0.3 is 35.5 Å². The minimum atomic E-state index is -1.38. The van der Waals surface area contributed by atoms with Gasteiger partial charge in [-0.15, -0.1) is 0 Å². The summed E-state index contributed by atoms with van der Waals surface area (Å²) in [6, 6.07) is 11.6. The second-order valence-electron chi connectivity index (χ2n) is 11.9. The highest BCUT2D eigenvalue weighted by Gasteiger charge is 2.43. The van der Waals surface area contributed by atoms with E-state index in [9.17, 15) is 4.79 Å². The molecule has 0 aliphatic carbocycles. The molecule has 234 valence electrons. The summed E-state index contributed by atoms with van der Waals surface area (Å²) in [5.41, 5.74) is 14.4. The van der Waals surface area contributed by atoms with Gasteiger partial charge in [0.2, 0.25) is 5.91 Å². The highest BCUT2D eigenvalue weighted by atomic mass is 19.1. The molecule has 2 saturated heterocycles. The van der Waals surface area contributed by atoms with Crippen molar-refractivity contribution >= 4 is 22.8 Å². The fourth-order valence-corrected chi connectivity index (χ4v) is 6.44.